The highest BCUT2D eigenvalue weighted by Crippen LogP contribution is 2.22. The lowest BCUT2D eigenvalue weighted by Gasteiger charge is -2.32. The first kappa shape index (κ1) is 64.9. The maximum absolute atomic E-state index is 14.8. The summed E-state index contributed by atoms with van der Waals surface area (Å²) in [6.45, 7) is 9.75. The average molecular weight is 1150 g/mol. The lowest BCUT2D eigenvalue weighted by Crippen LogP contribution is -2.63. The SMILES string of the molecule is CCCC[C@H](NC(C)=O)C(=O)N[C@H](C(=O)N[C@@H](Cc1cnc[nH]1)C(=O)N[C@H](Cc1ccccc1)C(=O)N[C@@H](CCCN=C(N)N)C(=O)N[C@@H](Cc1c[nH]c2ccccc12)C(=O)NCCCC(=O)N[C@H](C(N)=O)C(C)(C)S)C(C)(C)S. The van der Waals surface area contributed by atoms with Crippen LogP contribution in [0.15, 0.2) is 78.3 Å². The van der Waals surface area contributed by atoms with Crippen molar-refractivity contribution in [2.24, 2.45) is 22.2 Å². The van der Waals surface area contributed by atoms with Gasteiger partial charge in [-0.05, 0) is 70.6 Å². The Morgan fingerprint density at radius 3 is 1.79 bits per heavy atom. The Labute approximate surface area is 476 Å². The Hall–Kier alpha value is -7.61. The van der Waals surface area contributed by atoms with Gasteiger partial charge in [-0.25, -0.2) is 4.98 Å². The zero-order valence-corrected chi connectivity index (χ0v) is 47.9. The third kappa shape index (κ3) is 21.6. The lowest BCUT2D eigenvalue weighted by atomic mass is 9.99. The van der Waals surface area contributed by atoms with E-state index in [1.165, 1.54) is 19.4 Å². The van der Waals surface area contributed by atoms with E-state index in [2.05, 4.69) is 87.7 Å². The molecule has 16 N–H and O–H groups in total. The topological polar surface area (TPSA) is 385 Å². The van der Waals surface area contributed by atoms with E-state index in [1.54, 1.807) is 64.2 Å². The van der Waals surface area contributed by atoms with Crippen LogP contribution in [0.4, 0.5) is 0 Å². The zero-order chi connectivity index (χ0) is 59.2. The minimum atomic E-state index is -1.39. The zero-order valence-electron chi connectivity index (χ0n) is 46.2. The summed E-state index contributed by atoms with van der Waals surface area (Å²) < 4.78 is -2.15. The van der Waals surface area contributed by atoms with Gasteiger partial charge in [0.1, 0.15) is 42.3 Å². The number of primary amides is 1. The van der Waals surface area contributed by atoms with Crippen LogP contribution in [0.3, 0.4) is 0 Å². The monoisotopic (exact) mass is 1150 g/mol. The van der Waals surface area contributed by atoms with Crippen molar-refractivity contribution in [1.82, 2.24) is 57.5 Å². The number of nitrogens with two attached hydrogens (primary N) is 3. The van der Waals surface area contributed by atoms with Crippen LogP contribution in [0.5, 0.6) is 0 Å². The molecule has 0 saturated heterocycles. The van der Waals surface area contributed by atoms with Crippen molar-refractivity contribution in [3.63, 3.8) is 0 Å². The van der Waals surface area contributed by atoms with Crippen LogP contribution in [0, 0.1) is 0 Å². The summed E-state index contributed by atoms with van der Waals surface area (Å²) in [5.41, 5.74) is 19.3. The van der Waals surface area contributed by atoms with Crippen LogP contribution >= 0.6 is 25.3 Å². The molecular formula is C54H79N15O9S2. The molecule has 0 unspecified atom stereocenters. The number of aromatic nitrogens is 3. The smallest absolute Gasteiger partial charge is 0.244 e. The van der Waals surface area contributed by atoms with Gasteiger partial charge in [0.25, 0.3) is 0 Å². The molecule has 4 rings (SSSR count). The average Bonchev–Trinajstić information content (AvgIpc) is 4.07. The van der Waals surface area contributed by atoms with Gasteiger partial charge in [0.05, 0.1) is 6.33 Å². The molecule has 0 spiro atoms. The van der Waals surface area contributed by atoms with Crippen molar-refractivity contribution in [3.8, 4) is 0 Å². The van der Waals surface area contributed by atoms with Crippen molar-refractivity contribution in [1.29, 1.82) is 0 Å². The van der Waals surface area contributed by atoms with Gasteiger partial charge in [-0.2, -0.15) is 25.3 Å². The van der Waals surface area contributed by atoms with Crippen molar-refractivity contribution < 1.29 is 43.2 Å². The number of guanidine groups is 1. The normalized spacial score (nSPS) is 14.1. The highest BCUT2D eigenvalue weighted by Gasteiger charge is 2.39. The number of fused-ring (bicyclic) bond motifs is 1. The number of thiol groups is 2. The fourth-order valence-corrected chi connectivity index (χ4v) is 8.97. The number of rotatable bonds is 33. The van der Waals surface area contributed by atoms with Gasteiger partial charge < -0.3 is 69.7 Å². The number of nitrogens with one attached hydrogen (secondary N) is 10. The third-order valence-corrected chi connectivity index (χ3v) is 13.3. The van der Waals surface area contributed by atoms with Gasteiger partial charge in [-0.1, -0.05) is 68.3 Å². The van der Waals surface area contributed by atoms with E-state index < -0.39 is 105 Å². The second-order valence-corrected chi connectivity index (χ2v) is 23.0. The highest BCUT2D eigenvalue weighted by molar-refractivity contribution is 7.82. The second-order valence-electron chi connectivity index (χ2n) is 20.7. The predicted octanol–water partition coefficient (Wildman–Crippen LogP) is 0.375. The standard InChI is InChI=1S/C54H79N15O9S2/c1-7-8-19-37(63-31(2)70)48(75)69-44(54(5,6)80)51(78)67-41(27-34-29-58-30-62-34)50(77)65-39(25-32-16-10-9-11-17-32)49(76)64-38(21-14-24-60-52(56)57)47(74)66-40(26-33-28-61-36-20-13-12-18-35(33)36)46(73)59-23-15-22-42(71)68-43(45(55)72)53(3,4)79/h9-13,16-18,20,28-30,37-41,43-44,61,79-80H,7-8,14-15,19,21-27H2,1-6H3,(H2,55,72)(H,58,62)(H,59,73)(H,63,70)(H,64,76)(H,65,77)(H,66,74)(H,67,78)(H,68,71)(H,69,75)(H4,56,57,60)/t37-,38-,39+,40-,41-,43+,44+/m0/s1. The van der Waals surface area contributed by atoms with Crippen LogP contribution in [-0.2, 0) is 62.4 Å². The highest BCUT2D eigenvalue weighted by atomic mass is 32.1. The van der Waals surface area contributed by atoms with E-state index in [0.717, 1.165) is 17.3 Å². The summed E-state index contributed by atoms with van der Waals surface area (Å²) in [6, 6.07) is 7.46. The third-order valence-electron chi connectivity index (χ3n) is 12.8. The molecule has 9 amide bonds. The van der Waals surface area contributed by atoms with Gasteiger partial charge in [0, 0.05) is 84.2 Å². The summed E-state index contributed by atoms with van der Waals surface area (Å²) in [7, 11) is 0. The fourth-order valence-electron chi connectivity index (χ4n) is 8.60. The molecule has 0 aliphatic heterocycles. The maximum atomic E-state index is 14.8. The quantitative estimate of drug-likeness (QED) is 0.0133. The number of hydrogen-bond donors (Lipinski definition) is 15. The number of amides is 9. The van der Waals surface area contributed by atoms with Crippen molar-refractivity contribution in [2.75, 3.05) is 13.1 Å². The molecule has 26 heteroatoms. The number of para-hydroxylation sites is 1. The number of nitrogens with zero attached hydrogens (tertiary/aromatic N) is 2. The van der Waals surface area contributed by atoms with E-state index in [-0.39, 0.29) is 64.0 Å². The van der Waals surface area contributed by atoms with Gasteiger partial charge >= 0.3 is 0 Å². The molecule has 436 valence electrons. The van der Waals surface area contributed by atoms with E-state index in [1.807, 2.05) is 31.2 Å². The Morgan fingerprint density at radius 1 is 0.625 bits per heavy atom. The van der Waals surface area contributed by atoms with Crippen molar-refractivity contribution in [2.45, 2.75) is 158 Å². The van der Waals surface area contributed by atoms with Crippen LogP contribution in [0.25, 0.3) is 10.9 Å². The number of H-pyrrole nitrogens is 2. The van der Waals surface area contributed by atoms with Crippen LogP contribution < -0.4 is 59.7 Å². The molecule has 0 bridgehead atoms. The first-order valence-electron chi connectivity index (χ1n) is 26.5. The number of aromatic amines is 2. The maximum Gasteiger partial charge on any atom is 0.244 e. The molecule has 2 aromatic heterocycles. The molecule has 0 radical (unpaired) electrons. The van der Waals surface area contributed by atoms with Gasteiger partial charge in [-0.15, -0.1) is 0 Å². The van der Waals surface area contributed by atoms with Gasteiger partial charge in [-0.3, -0.25) is 48.1 Å². The molecule has 80 heavy (non-hydrogen) atoms. The first-order valence-corrected chi connectivity index (χ1v) is 27.4. The minimum absolute atomic E-state index is 0.000805. The molecule has 2 aromatic carbocycles. The summed E-state index contributed by atoms with van der Waals surface area (Å²) in [5.74, 6) is -6.28. The van der Waals surface area contributed by atoms with Crippen LogP contribution in [0.1, 0.15) is 103 Å². The van der Waals surface area contributed by atoms with Crippen LogP contribution in [-0.4, -0.2) is 139 Å². The molecule has 0 saturated carbocycles. The van der Waals surface area contributed by atoms with Crippen molar-refractivity contribution in [3.05, 3.63) is 90.1 Å². The Bertz CT molecular complexity index is 2760. The molecule has 0 fully saturated rings. The summed E-state index contributed by atoms with van der Waals surface area (Å²) in [5, 5.41) is 22.7. The van der Waals surface area contributed by atoms with E-state index in [4.69, 9.17) is 17.2 Å². The lowest BCUT2D eigenvalue weighted by molar-refractivity contribution is -0.135. The number of carbonyl (C=O) groups excluding carboxylic acids is 9. The Kier molecular flexibility index (Phi) is 25.4. The molecule has 24 nitrogen and oxygen atoms in total. The molecule has 2 heterocycles. The van der Waals surface area contributed by atoms with E-state index in [9.17, 15) is 43.2 Å². The number of carbonyl (C=O) groups is 9. The van der Waals surface area contributed by atoms with E-state index >= 15 is 0 Å². The fraction of sp³-hybridized carbons (Fsp3) is 0.500. The van der Waals surface area contributed by atoms with Gasteiger partial charge in [0.15, 0.2) is 5.96 Å². The van der Waals surface area contributed by atoms with E-state index in [0.29, 0.717) is 29.7 Å². The van der Waals surface area contributed by atoms with Gasteiger partial charge in [0.2, 0.25) is 53.2 Å². The molecule has 7 atom stereocenters. The molecule has 0 aliphatic rings. The number of imidazole rings is 1. The Morgan fingerprint density at radius 2 is 1.19 bits per heavy atom. The molecular weight excluding hydrogens is 1070 g/mol. The summed E-state index contributed by atoms with van der Waals surface area (Å²) >= 11 is 9.02. The summed E-state index contributed by atoms with van der Waals surface area (Å²) in [4.78, 5) is 137. The second kappa shape index (κ2) is 31.3. The number of aliphatic imine (C=N–C) groups is 1. The molecule has 0 aliphatic carbocycles. The minimum Gasteiger partial charge on any atom is -0.370 e. The van der Waals surface area contributed by atoms with Crippen LogP contribution in [0.2, 0.25) is 0 Å². The predicted molar refractivity (Wildman–Crippen MR) is 311 cm³/mol. The number of hydrogen-bond acceptors (Lipinski definition) is 13. The van der Waals surface area contributed by atoms with Crippen molar-refractivity contribution >= 4 is 95.3 Å². The Balaban J connectivity index is 1.64. The number of unbranched alkanes of at least 4 members (excludes halogenated alkanes) is 1. The summed E-state index contributed by atoms with van der Waals surface area (Å²) in [6.07, 6.45) is 6.18. The largest absolute Gasteiger partial charge is 0.370 e. The number of benzene rings is 2. The first-order chi connectivity index (χ1) is 37.8. The molecule has 4 aromatic rings.